The van der Waals surface area contributed by atoms with Gasteiger partial charge in [-0.25, -0.2) is 0 Å². The number of benzene rings is 1. The average molecular weight is 257 g/mol. The van der Waals surface area contributed by atoms with Gasteiger partial charge in [0, 0.05) is 30.6 Å². The topological polar surface area (TPSA) is 64.3 Å². The van der Waals surface area contributed by atoms with Crippen molar-refractivity contribution in [2.45, 2.75) is 19.4 Å². The number of halogens is 1. The summed E-state index contributed by atoms with van der Waals surface area (Å²) in [7, 11) is 1.62. The van der Waals surface area contributed by atoms with Crippen LogP contribution in [0.1, 0.15) is 18.4 Å². The lowest BCUT2D eigenvalue weighted by Crippen LogP contribution is -2.18. The van der Waals surface area contributed by atoms with Crippen molar-refractivity contribution in [1.82, 2.24) is 5.32 Å². The van der Waals surface area contributed by atoms with Crippen molar-refractivity contribution in [3.8, 4) is 5.75 Å². The van der Waals surface area contributed by atoms with Gasteiger partial charge < -0.3 is 15.8 Å². The Bertz CT molecular complexity index is 383. The van der Waals surface area contributed by atoms with Crippen molar-refractivity contribution in [2.75, 3.05) is 13.7 Å². The third-order valence-corrected chi connectivity index (χ3v) is 2.72. The van der Waals surface area contributed by atoms with Crippen LogP contribution in [-0.4, -0.2) is 19.6 Å². The Kier molecular flexibility index (Phi) is 5.80. The summed E-state index contributed by atoms with van der Waals surface area (Å²) < 4.78 is 5.56. The van der Waals surface area contributed by atoms with Crippen LogP contribution in [0.15, 0.2) is 18.2 Å². The molecule has 1 rings (SSSR count). The molecule has 1 aromatic rings. The van der Waals surface area contributed by atoms with Gasteiger partial charge in [0.1, 0.15) is 5.75 Å². The third kappa shape index (κ3) is 4.24. The van der Waals surface area contributed by atoms with Crippen molar-refractivity contribution >= 4 is 17.5 Å². The molecular formula is C12H17ClN2O2. The molecule has 0 aliphatic rings. The third-order valence-electron chi connectivity index (χ3n) is 2.36. The van der Waals surface area contributed by atoms with Crippen LogP contribution in [0.2, 0.25) is 5.02 Å². The zero-order valence-electron chi connectivity index (χ0n) is 9.83. The number of hydrogen-bond acceptors (Lipinski definition) is 3. The molecule has 0 radical (unpaired) electrons. The smallest absolute Gasteiger partial charge is 0.219 e. The number of hydrogen-bond donors (Lipinski definition) is 2. The van der Waals surface area contributed by atoms with Gasteiger partial charge in [-0.05, 0) is 18.6 Å². The highest BCUT2D eigenvalue weighted by atomic mass is 35.5. The highest BCUT2D eigenvalue weighted by Crippen LogP contribution is 2.25. The van der Waals surface area contributed by atoms with E-state index in [0.29, 0.717) is 36.8 Å². The normalized spacial score (nSPS) is 10.1. The van der Waals surface area contributed by atoms with Crippen molar-refractivity contribution in [3.63, 3.8) is 0 Å². The minimum Gasteiger partial charge on any atom is -0.493 e. The van der Waals surface area contributed by atoms with Gasteiger partial charge in [-0.3, -0.25) is 4.79 Å². The molecule has 0 saturated carbocycles. The Morgan fingerprint density at radius 1 is 1.53 bits per heavy atom. The van der Waals surface area contributed by atoms with E-state index < -0.39 is 0 Å². The van der Waals surface area contributed by atoms with E-state index in [1.165, 1.54) is 0 Å². The highest BCUT2D eigenvalue weighted by molar-refractivity contribution is 6.31. The number of amides is 1. The van der Waals surface area contributed by atoms with Crippen molar-refractivity contribution in [2.24, 2.45) is 5.73 Å². The molecule has 0 heterocycles. The van der Waals surface area contributed by atoms with Crippen LogP contribution in [-0.2, 0) is 11.3 Å². The molecule has 3 N–H and O–H groups in total. The second-order valence-electron chi connectivity index (χ2n) is 3.55. The van der Waals surface area contributed by atoms with Crippen LogP contribution in [0.5, 0.6) is 5.75 Å². The fraction of sp³-hybridized carbons (Fsp3) is 0.417. The predicted octanol–water partition coefficient (Wildman–Crippen LogP) is 1.70. The molecule has 0 spiro atoms. The molecule has 17 heavy (non-hydrogen) atoms. The summed E-state index contributed by atoms with van der Waals surface area (Å²) in [6.45, 7) is 0.811. The van der Waals surface area contributed by atoms with E-state index in [1.807, 2.05) is 12.1 Å². The molecule has 5 heteroatoms. The molecule has 0 bridgehead atoms. The van der Waals surface area contributed by atoms with E-state index in [4.69, 9.17) is 22.1 Å². The van der Waals surface area contributed by atoms with Crippen molar-refractivity contribution in [1.29, 1.82) is 0 Å². The van der Waals surface area contributed by atoms with Gasteiger partial charge in [-0.1, -0.05) is 17.7 Å². The predicted molar refractivity (Wildman–Crippen MR) is 68.1 cm³/mol. The second-order valence-corrected chi connectivity index (χ2v) is 3.95. The first-order chi connectivity index (χ1) is 8.19. The summed E-state index contributed by atoms with van der Waals surface area (Å²) in [6, 6.07) is 5.42. The summed E-state index contributed by atoms with van der Waals surface area (Å²) in [4.78, 5) is 11.0. The molecule has 1 amide bonds. The molecular weight excluding hydrogens is 240 g/mol. The molecule has 0 unspecified atom stereocenters. The number of nitrogens with two attached hydrogens (primary N) is 1. The first kappa shape index (κ1) is 13.8. The van der Waals surface area contributed by atoms with Gasteiger partial charge >= 0.3 is 0 Å². The molecule has 0 saturated heterocycles. The second kappa shape index (κ2) is 7.14. The maximum absolute atomic E-state index is 11.0. The number of carbonyl (C=O) groups excluding carboxylic acids is 1. The van der Waals surface area contributed by atoms with Gasteiger partial charge in [0.2, 0.25) is 5.91 Å². The summed E-state index contributed by atoms with van der Waals surface area (Å²) in [6.07, 6.45) is 1.12. The summed E-state index contributed by atoms with van der Waals surface area (Å²) >= 11 is 5.99. The summed E-state index contributed by atoms with van der Waals surface area (Å²) in [5.41, 5.74) is 6.40. The fourth-order valence-electron chi connectivity index (χ4n) is 1.41. The number of nitrogens with one attached hydrogen (secondary N) is 1. The van der Waals surface area contributed by atoms with Crippen LogP contribution in [0.25, 0.3) is 0 Å². The molecule has 94 valence electrons. The summed E-state index contributed by atoms with van der Waals surface area (Å²) in [5, 5.41) is 3.17. The number of ether oxygens (including phenoxy) is 1. The van der Waals surface area contributed by atoms with Gasteiger partial charge in [-0.2, -0.15) is 0 Å². The number of rotatable bonds is 6. The molecule has 1 aromatic carbocycles. The van der Waals surface area contributed by atoms with E-state index in [9.17, 15) is 4.79 Å². The van der Waals surface area contributed by atoms with Crippen LogP contribution in [0.4, 0.5) is 0 Å². The van der Waals surface area contributed by atoms with Crippen molar-refractivity contribution < 1.29 is 9.53 Å². The van der Waals surface area contributed by atoms with Crippen LogP contribution in [0.3, 0.4) is 0 Å². The zero-order chi connectivity index (χ0) is 12.7. The monoisotopic (exact) mass is 256 g/mol. The van der Waals surface area contributed by atoms with Gasteiger partial charge in [0.05, 0.1) is 6.61 Å². The van der Waals surface area contributed by atoms with E-state index in [1.54, 1.807) is 13.1 Å². The minimum atomic E-state index is 0.0127. The lowest BCUT2D eigenvalue weighted by atomic mass is 10.2. The van der Waals surface area contributed by atoms with E-state index in [2.05, 4.69) is 5.32 Å². The van der Waals surface area contributed by atoms with E-state index >= 15 is 0 Å². The Balaban J connectivity index is 2.46. The average Bonchev–Trinajstić information content (AvgIpc) is 2.34. The quantitative estimate of drug-likeness (QED) is 0.762. The van der Waals surface area contributed by atoms with Crippen LogP contribution < -0.4 is 15.8 Å². The first-order valence-electron chi connectivity index (χ1n) is 5.50. The maximum atomic E-state index is 11.0. The molecule has 0 aromatic heterocycles. The van der Waals surface area contributed by atoms with Gasteiger partial charge in [-0.15, -0.1) is 0 Å². The Morgan fingerprint density at radius 3 is 2.94 bits per heavy atom. The maximum Gasteiger partial charge on any atom is 0.219 e. The largest absolute Gasteiger partial charge is 0.493 e. The minimum absolute atomic E-state index is 0.0127. The molecule has 0 atom stereocenters. The molecule has 0 fully saturated rings. The van der Waals surface area contributed by atoms with Gasteiger partial charge in [0.15, 0.2) is 0 Å². The number of carbonyl (C=O) groups is 1. The van der Waals surface area contributed by atoms with Crippen LogP contribution >= 0.6 is 11.6 Å². The lowest BCUT2D eigenvalue weighted by Gasteiger charge is -2.11. The first-order valence-corrected chi connectivity index (χ1v) is 5.87. The molecule has 4 nitrogen and oxygen atoms in total. The van der Waals surface area contributed by atoms with Gasteiger partial charge in [0.25, 0.3) is 0 Å². The van der Waals surface area contributed by atoms with E-state index in [-0.39, 0.29) is 5.91 Å². The molecule has 0 aliphatic carbocycles. The highest BCUT2D eigenvalue weighted by Gasteiger charge is 2.06. The SMILES string of the molecule is CNC(=O)CCCOc1cccc(Cl)c1CN. The zero-order valence-corrected chi connectivity index (χ0v) is 10.6. The van der Waals surface area contributed by atoms with Crippen molar-refractivity contribution in [3.05, 3.63) is 28.8 Å². The summed E-state index contributed by atoms with van der Waals surface area (Å²) in [5.74, 6) is 0.704. The Hall–Kier alpha value is -1.26. The lowest BCUT2D eigenvalue weighted by molar-refractivity contribution is -0.120. The fourth-order valence-corrected chi connectivity index (χ4v) is 1.66. The van der Waals surface area contributed by atoms with E-state index in [0.717, 1.165) is 5.56 Å². The molecule has 0 aliphatic heterocycles. The Labute approximate surface area is 106 Å². The standard InChI is InChI=1S/C12H17ClN2O2/c1-15-12(16)6-3-7-17-11-5-2-4-10(13)9(11)8-14/h2,4-5H,3,6-8,14H2,1H3,(H,15,16). The Morgan fingerprint density at radius 2 is 2.29 bits per heavy atom. The van der Waals surface area contributed by atoms with Crippen LogP contribution in [0, 0.1) is 0 Å².